The summed E-state index contributed by atoms with van der Waals surface area (Å²) >= 11 is 0. The Hall–Kier alpha value is -3.89. The number of aromatic hydroxyl groups is 1. The number of amides is 2. The van der Waals surface area contributed by atoms with E-state index < -0.39 is 40.6 Å². The van der Waals surface area contributed by atoms with E-state index in [4.69, 9.17) is 9.57 Å². The van der Waals surface area contributed by atoms with E-state index in [9.17, 15) is 23.9 Å². The summed E-state index contributed by atoms with van der Waals surface area (Å²) in [5, 5.41) is 17.2. The van der Waals surface area contributed by atoms with Crippen LogP contribution in [0.5, 0.6) is 5.75 Å². The number of hydrogen-bond acceptors (Lipinski definition) is 7. The molecule has 4 heterocycles. The van der Waals surface area contributed by atoms with Crippen molar-refractivity contribution in [3.05, 3.63) is 62.8 Å². The number of aryl methyl sites for hydroxylation is 1. The van der Waals surface area contributed by atoms with Gasteiger partial charge >= 0.3 is 0 Å². The van der Waals surface area contributed by atoms with Crippen LogP contribution >= 0.6 is 0 Å². The minimum absolute atomic E-state index is 0.163. The molecule has 1 aromatic heterocycles. The predicted molar refractivity (Wildman–Crippen MR) is 121 cm³/mol. The van der Waals surface area contributed by atoms with Gasteiger partial charge in [-0.25, -0.2) is 4.39 Å². The number of benzene rings is 1. The molecule has 0 aliphatic carbocycles. The van der Waals surface area contributed by atoms with E-state index in [0.29, 0.717) is 18.7 Å². The third kappa shape index (κ3) is 3.62. The monoisotopic (exact) mass is 484 g/mol. The van der Waals surface area contributed by atoms with Crippen LogP contribution < -0.4 is 10.7 Å². The molecule has 11 heteroatoms. The lowest BCUT2D eigenvalue weighted by atomic mass is 9.99. The van der Waals surface area contributed by atoms with Crippen LogP contribution in [0.3, 0.4) is 0 Å². The number of fused-ring (bicyclic) bond motifs is 5. The Balaban J connectivity index is 1.55. The smallest absolute Gasteiger partial charge is 0.299 e. The van der Waals surface area contributed by atoms with Gasteiger partial charge in [0.05, 0.1) is 0 Å². The summed E-state index contributed by atoms with van der Waals surface area (Å²) in [4.78, 5) is 46.4. The lowest BCUT2D eigenvalue weighted by Crippen LogP contribution is -2.53. The lowest BCUT2D eigenvalue weighted by Gasteiger charge is -2.40. The zero-order valence-electron chi connectivity index (χ0n) is 19.5. The molecule has 35 heavy (non-hydrogen) atoms. The molecule has 0 saturated carbocycles. The summed E-state index contributed by atoms with van der Waals surface area (Å²) in [5.41, 5.74) is -0.639. The van der Waals surface area contributed by atoms with Crippen LogP contribution in [0.4, 0.5) is 4.39 Å². The zero-order valence-corrected chi connectivity index (χ0v) is 19.5. The van der Waals surface area contributed by atoms with E-state index in [1.165, 1.54) is 16.8 Å². The number of oxime groups is 1. The molecule has 2 bridgehead atoms. The van der Waals surface area contributed by atoms with Crippen molar-refractivity contribution in [1.82, 2.24) is 14.8 Å². The summed E-state index contributed by atoms with van der Waals surface area (Å²) in [7, 11) is 0. The van der Waals surface area contributed by atoms with Crippen molar-refractivity contribution in [2.45, 2.75) is 58.0 Å². The first-order valence-corrected chi connectivity index (χ1v) is 11.4. The van der Waals surface area contributed by atoms with E-state index in [1.807, 2.05) is 6.92 Å². The Morgan fingerprint density at radius 1 is 1.34 bits per heavy atom. The van der Waals surface area contributed by atoms with Crippen molar-refractivity contribution in [2.75, 3.05) is 6.54 Å². The van der Waals surface area contributed by atoms with Gasteiger partial charge in [-0.2, -0.15) is 0 Å². The highest BCUT2D eigenvalue weighted by Crippen LogP contribution is 2.44. The van der Waals surface area contributed by atoms with E-state index in [1.54, 1.807) is 30.9 Å². The Bertz CT molecular complexity index is 1340. The Morgan fingerprint density at radius 3 is 2.80 bits per heavy atom. The molecule has 2 aromatic rings. The Morgan fingerprint density at radius 2 is 2.11 bits per heavy atom. The van der Waals surface area contributed by atoms with Crippen LogP contribution in [-0.2, 0) is 16.1 Å². The summed E-state index contributed by atoms with van der Waals surface area (Å²) in [6.07, 6.45) is 2.17. The molecule has 0 radical (unpaired) electrons. The van der Waals surface area contributed by atoms with Crippen LogP contribution in [0.25, 0.3) is 0 Å². The van der Waals surface area contributed by atoms with Crippen LogP contribution in [0.15, 0.2) is 34.3 Å². The van der Waals surface area contributed by atoms with Crippen LogP contribution in [0.2, 0.25) is 0 Å². The minimum Gasteiger partial charge on any atom is -0.503 e. The number of aromatic nitrogens is 1. The number of nitrogens with one attached hydrogen (secondary N) is 1. The first-order valence-electron chi connectivity index (χ1n) is 11.4. The second-order valence-electron chi connectivity index (χ2n) is 9.23. The fourth-order valence-corrected chi connectivity index (χ4v) is 4.92. The van der Waals surface area contributed by atoms with Gasteiger partial charge in [0.25, 0.3) is 17.6 Å². The van der Waals surface area contributed by atoms with E-state index >= 15 is 0 Å². The van der Waals surface area contributed by atoms with Crippen molar-refractivity contribution >= 4 is 17.7 Å². The maximum absolute atomic E-state index is 14.2. The topological polar surface area (TPSA) is 122 Å². The first-order chi connectivity index (χ1) is 16.6. The second kappa shape index (κ2) is 8.10. The maximum Gasteiger partial charge on any atom is 0.299 e. The van der Waals surface area contributed by atoms with Gasteiger partial charge in [-0.1, -0.05) is 12.1 Å². The van der Waals surface area contributed by atoms with Crippen LogP contribution in [0, 0.1) is 12.7 Å². The van der Waals surface area contributed by atoms with E-state index in [0.717, 1.165) is 5.56 Å². The van der Waals surface area contributed by atoms with Gasteiger partial charge in [0.15, 0.2) is 11.4 Å². The van der Waals surface area contributed by atoms with Crippen molar-refractivity contribution in [1.29, 1.82) is 0 Å². The molecule has 1 spiro atoms. The molecule has 1 saturated heterocycles. The lowest BCUT2D eigenvalue weighted by molar-refractivity contribution is -0.194. The Labute approximate surface area is 199 Å². The number of carbonyl (C=O) groups excluding carboxylic acids is 2. The summed E-state index contributed by atoms with van der Waals surface area (Å²) in [6, 6.07) is 3.71. The van der Waals surface area contributed by atoms with Gasteiger partial charge in [0, 0.05) is 44.2 Å². The summed E-state index contributed by atoms with van der Waals surface area (Å²) < 4.78 is 21.5. The number of hydrogen-bond donors (Lipinski definition) is 2. The standard InChI is InChI=1S/C24H25FN4O6/c1-12-4-5-15(17(25)8-12)9-26-22(32)16-10-29-18-11-28(23(33)19(29)21(31)20(16)30)13(2)6-7-24(18)34-14(3)27-35-24/h4-5,8,10,13,18,31H,6-7,9,11H2,1-3H3,(H,26,32)/t13-,18+,24+/m0/s1. The van der Waals surface area contributed by atoms with Gasteiger partial charge in [0.1, 0.15) is 17.4 Å². The molecule has 5 rings (SSSR count). The second-order valence-corrected chi connectivity index (χ2v) is 9.23. The van der Waals surface area contributed by atoms with Crippen LogP contribution in [-0.4, -0.2) is 50.7 Å². The number of carbonyl (C=O) groups is 2. The maximum atomic E-state index is 14.2. The number of ether oxygens (including phenoxy) is 1. The zero-order chi connectivity index (χ0) is 25.1. The van der Waals surface area contributed by atoms with Crippen molar-refractivity contribution < 1.29 is 28.7 Å². The number of halogens is 1. The van der Waals surface area contributed by atoms with E-state index in [2.05, 4.69) is 10.5 Å². The van der Waals surface area contributed by atoms with Gasteiger partial charge in [-0.3, -0.25) is 14.4 Å². The van der Waals surface area contributed by atoms with Crippen molar-refractivity contribution in [3.8, 4) is 5.75 Å². The number of pyridine rings is 1. The van der Waals surface area contributed by atoms with Gasteiger partial charge < -0.3 is 29.5 Å². The molecular formula is C24H25FN4O6. The fraction of sp³-hybridized carbons (Fsp3) is 0.417. The quantitative estimate of drug-likeness (QED) is 0.689. The molecule has 1 aromatic carbocycles. The molecule has 184 valence electrons. The van der Waals surface area contributed by atoms with Crippen LogP contribution in [0.1, 0.15) is 64.7 Å². The molecule has 3 atom stereocenters. The van der Waals surface area contributed by atoms with Crippen molar-refractivity contribution in [3.63, 3.8) is 0 Å². The largest absolute Gasteiger partial charge is 0.503 e. The molecule has 0 unspecified atom stereocenters. The SMILES string of the molecule is CC1=NO[C@@]2(CC[C@H](C)N3C[C@H]2n2cc(C(=O)NCc4ccc(C)cc4F)c(=O)c(O)c2C3=O)O1. The first kappa shape index (κ1) is 22.9. The predicted octanol–water partition coefficient (Wildman–Crippen LogP) is 2.19. The minimum atomic E-state index is -1.26. The van der Waals surface area contributed by atoms with Gasteiger partial charge in [-0.05, 0) is 37.1 Å². The fourth-order valence-electron chi connectivity index (χ4n) is 4.92. The molecule has 3 aliphatic heterocycles. The highest BCUT2D eigenvalue weighted by molar-refractivity contribution is 5.99. The van der Waals surface area contributed by atoms with Gasteiger partial charge in [0.2, 0.25) is 11.3 Å². The molecular weight excluding hydrogens is 459 g/mol. The van der Waals surface area contributed by atoms with Gasteiger partial charge in [-0.15, -0.1) is 0 Å². The third-order valence-corrected chi connectivity index (χ3v) is 6.87. The Kier molecular flexibility index (Phi) is 5.30. The third-order valence-electron chi connectivity index (χ3n) is 6.87. The number of nitrogens with zero attached hydrogens (tertiary/aromatic N) is 3. The number of rotatable bonds is 3. The molecule has 1 fully saturated rings. The normalized spacial score (nSPS) is 24.9. The average Bonchev–Trinajstić information content (AvgIpc) is 3.14. The van der Waals surface area contributed by atoms with E-state index in [-0.39, 0.29) is 36.0 Å². The highest BCUT2D eigenvalue weighted by atomic mass is 19.1. The van der Waals surface area contributed by atoms with Crippen molar-refractivity contribution in [2.24, 2.45) is 5.16 Å². The highest BCUT2D eigenvalue weighted by Gasteiger charge is 2.55. The molecule has 3 aliphatic rings. The summed E-state index contributed by atoms with van der Waals surface area (Å²) in [6.45, 7) is 5.27. The summed E-state index contributed by atoms with van der Waals surface area (Å²) in [5.74, 6) is -3.60. The molecule has 10 nitrogen and oxygen atoms in total. The average molecular weight is 484 g/mol. The molecule has 2 N–H and O–H groups in total. The molecule has 2 amide bonds.